The second-order valence-electron chi connectivity index (χ2n) is 8.55. The van der Waals surface area contributed by atoms with Crippen molar-refractivity contribution in [2.45, 2.75) is 52.7 Å². The smallest absolute Gasteiger partial charge is 0.408 e. The van der Waals surface area contributed by atoms with Crippen molar-refractivity contribution in [2.24, 2.45) is 5.10 Å². The molecule has 0 radical (unpaired) electrons. The van der Waals surface area contributed by atoms with Crippen molar-refractivity contribution in [1.82, 2.24) is 30.5 Å². The zero-order valence-corrected chi connectivity index (χ0v) is 19.4. The molecule has 3 aromatic rings. The Labute approximate surface area is 192 Å². The van der Waals surface area contributed by atoms with Crippen molar-refractivity contribution in [1.29, 1.82) is 0 Å². The molecule has 3 N–H and O–H groups in total. The number of H-pyrrole nitrogens is 1. The lowest BCUT2D eigenvalue weighted by Crippen LogP contribution is -2.48. The Kier molecular flexibility index (Phi) is 7.27. The van der Waals surface area contributed by atoms with E-state index in [1.54, 1.807) is 33.2 Å². The molecule has 0 bridgehead atoms. The number of benzene rings is 1. The molecule has 33 heavy (non-hydrogen) atoms. The van der Waals surface area contributed by atoms with Gasteiger partial charge < -0.3 is 15.0 Å². The fraction of sp³-hybridized carbons (Fsp3) is 0.348. The van der Waals surface area contributed by atoms with E-state index in [1.165, 1.54) is 6.33 Å². The van der Waals surface area contributed by atoms with Gasteiger partial charge in [-0.05, 0) is 46.8 Å². The molecule has 2 heterocycles. The number of nitrogens with zero attached hydrogens (tertiary/aromatic N) is 4. The molecule has 174 valence electrons. The van der Waals surface area contributed by atoms with Crippen LogP contribution in [0.25, 0.3) is 5.69 Å². The molecule has 0 saturated carbocycles. The first-order valence-corrected chi connectivity index (χ1v) is 10.6. The van der Waals surface area contributed by atoms with Gasteiger partial charge in [-0.2, -0.15) is 10.2 Å². The normalized spacial score (nSPS) is 12.5. The lowest BCUT2D eigenvalue weighted by atomic mass is 10.1. The summed E-state index contributed by atoms with van der Waals surface area (Å²) < 4.78 is 7.11. The van der Waals surface area contributed by atoms with Crippen molar-refractivity contribution in [3.8, 4) is 5.69 Å². The summed E-state index contributed by atoms with van der Waals surface area (Å²) in [5, 5.41) is 11.3. The van der Waals surface area contributed by atoms with E-state index >= 15 is 0 Å². The highest BCUT2D eigenvalue weighted by Crippen LogP contribution is 2.16. The van der Waals surface area contributed by atoms with Gasteiger partial charge in [0.1, 0.15) is 11.6 Å². The Morgan fingerprint density at radius 2 is 1.97 bits per heavy atom. The van der Waals surface area contributed by atoms with Crippen molar-refractivity contribution in [2.75, 3.05) is 0 Å². The van der Waals surface area contributed by atoms with E-state index in [1.807, 2.05) is 48.9 Å². The van der Waals surface area contributed by atoms with Crippen LogP contribution in [0.1, 0.15) is 43.4 Å². The summed E-state index contributed by atoms with van der Waals surface area (Å²) >= 11 is 0. The van der Waals surface area contributed by atoms with Gasteiger partial charge in [-0.25, -0.2) is 19.9 Å². The topological polar surface area (TPSA) is 126 Å². The quantitative estimate of drug-likeness (QED) is 0.376. The minimum atomic E-state index is -0.910. The van der Waals surface area contributed by atoms with Gasteiger partial charge >= 0.3 is 6.09 Å². The molecule has 2 aromatic heterocycles. The number of aromatic nitrogens is 4. The number of alkyl carbamates (subject to hydrolysis) is 1. The molecular formula is C23H29N7O3. The number of imidazole rings is 1. The van der Waals surface area contributed by atoms with Crippen LogP contribution in [0.4, 0.5) is 4.79 Å². The van der Waals surface area contributed by atoms with E-state index in [-0.39, 0.29) is 6.42 Å². The maximum absolute atomic E-state index is 12.8. The van der Waals surface area contributed by atoms with Gasteiger partial charge in [-0.15, -0.1) is 0 Å². The van der Waals surface area contributed by atoms with Gasteiger partial charge in [0.15, 0.2) is 0 Å². The third kappa shape index (κ3) is 6.52. The summed E-state index contributed by atoms with van der Waals surface area (Å²) in [5.41, 5.74) is 5.89. The second kappa shape index (κ2) is 10.1. The number of hydrazone groups is 1. The molecule has 0 aliphatic carbocycles. The predicted molar refractivity (Wildman–Crippen MR) is 124 cm³/mol. The van der Waals surface area contributed by atoms with Crippen molar-refractivity contribution >= 4 is 18.2 Å². The highest BCUT2D eigenvalue weighted by atomic mass is 16.6. The number of ether oxygens (including phenoxy) is 1. The molecule has 2 amide bonds. The van der Waals surface area contributed by atoms with E-state index in [9.17, 15) is 9.59 Å². The first kappa shape index (κ1) is 23.7. The number of para-hydroxylation sites is 1. The van der Waals surface area contributed by atoms with Crippen LogP contribution < -0.4 is 10.7 Å². The van der Waals surface area contributed by atoms with Gasteiger partial charge in [-0.1, -0.05) is 18.2 Å². The highest BCUT2D eigenvalue weighted by molar-refractivity contribution is 5.88. The SMILES string of the molecule is Cc1nn(-c2ccccc2)c(C)c1/C=N/NC(=O)C(Cc1cnc[nH]1)NC(=O)OC(C)(C)C. The Hall–Kier alpha value is -3.95. The number of carbonyl (C=O) groups excluding carboxylic acids is 2. The molecule has 3 rings (SSSR count). The molecule has 10 heteroatoms. The number of amides is 2. The van der Waals surface area contributed by atoms with E-state index in [0.717, 1.165) is 22.6 Å². The largest absolute Gasteiger partial charge is 0.444 e. The number of hydrogen-bond acceptors (Lipinski definition) is 6. The Morgan fingerprint density at radius 3 is 2.61 bits per heavy atom. The molecule has 10 nitrogen and oxygen atoms in total. The van der Waals surface area contributed by atoms with Crippen LogP contribution in [-0.4, -0.2) is 49.6 Å². The first-order chi connectivity index (χ1) is 15.6. The summed E-state index contributed by atoms with van der Waals surface area (Å²) in [7, 11) is 0. The zero-order chi connectivity index (χ0) is 24.0. The summed E-state index contributed by atoms with van der Waals surface area (Å²) in [6.45, 7) is 9.06. The molecule has 1 unspecified atom stereocenters. The number of carbonyl (C=O) groups is 2. The van der Waals surface area contributed by atoms with Crippen LogP contribution in [0.5, 0.6) is 0 Å². The molecule has 0 saturated heterocycles. The summed E-state index contributed by atoms with van der Waals surface area (Å²) in [6, 6.07) is 8.84. The standard InChI is InChI=1S/C23H29N7O3/c1-15-19(16(2)30(29-15)18-9-7-6-8-10-18)13-26-28-21(31)20(11-17-12-24-14-25-17)27-22(32)33-23(3,4)5/h6-10,12-14,20H,11H2,1-5H3,(H,24,25)(H,27,32)(H,28,31)/b26-13+. The number of hydrogen-bond donors (Lipinski definition) is 3. The van der Waals surface area contributed by atoms with Gasteiger partial charge in [0.25, 0.3) is 5.91 Å². The lowest BCUT2D eigenvalue weighted by Gasteiger charge is -2.22. The summed E-state index contributed by atoms with van der Waals surface area (Å²) in [6.07, 6.45) is 4.15. The van der Waals surface area contributed by atoms with Crippen LogP contribution in [0.2, 0.25) is 0 Å². The van der Waals surface area contributed by atoms with Crippen LogP contribution in [0.3, 0.4) is 0 Å². The van der Waals surface area contributed by atoms with Crippen LogP contribution in [-0.2, 0) is 16.0 Å². The maximum Gasteiger partial charge on any atom is 0.408 e. The minimum Gasteiger partial charge on any atom is -0.444 e. The Bertz CT molecular complexity index is 1110. The summed E-state index contributed by atoms with van der Waals surface area (Å²) in [5.74, 6) is -0.488. The van der Waals surface area contributed by atoms with Crippen LogP contribution in [0, 0.1) is 13.8 Å². The third-order valence-corrected chi connectivity index (χ3v) is 4.70. The fourth-order valence-corrected chi connectivity index (χ4v) is 3.18. The number of nitrogens with one attached hydrogen (secondary N) is 3. The highest BCUT2D eigenvalue weighted by Gasteiger charge is 2.25. The Balaban J connectivity index is 1.72. The van der Waals surface area contributed by atoms with Crippen molar-refractivity contribution in [3.05, 3.63) is 65.5 Å². The average molecular weight is 452 g/mol. The van der Waals surface area contributed by atoms with E-state index < -0.39 is 23.6 Å². The lowest BCUT2D eigenvalue weighted by molar-refractivity contribution is -0.123. The third-order valence-electron chi connectivity index (χ3n) is 4.70. The fourth-order valence-electron chi connectivity index (χ4n) is 3.18. The molecule has 0 aliphatic heterocycles. The molecule has 0 fully saturated rings. The van der Waals surface area contributed by atoms with E-state index in [2.05, 4.69) is 30.9 Å². The summed E-state index contributed by atoms with van der Waals surface area (Å²) in [4.78, 5) is 31.9. The first-order valence-electron chi connectivity index (χ1n) is 10.6. The molecule has 0 aliphatic rings. The van der Waals surface area contributed by atoms with Crippen LogP contribution in [0.15, 0.2) is 48.0 Å². The van der Waals surface area contributed by atoms with Gasteiger partial charge in [0, 0.05) is 23.9 Å². The maximum atomic E-state index is 12.8. The Morgan fingerprint density at radius 1 is 1.24 bits per heavy atom. The molecule has 0 spiro atoms. The number of aryl methyl sites for hydroxylation is 1. The minimum absolute atomic E-state index is 0.199. The van der Waals surface area contributed by atoms with Gasteiger partial charge in [-0.3, -0.25) is 4.79 Å². The molecule has 1 atom stereocenters. The van der Waals surface area contributed by atoms with Crippen molar-refractivity contribution in [3.63, 3.8) is 0 Å². The van der Waals surface area contributed by atoms with E-state index in [4.69, 9.17) is 4.74 Å². The zero-order valence-electron chi connectivity index (χ0n) is 19.4. The van der Waals surface area contributed by atoms with Crippen LogP contribution >= 0.6 is 0 Å². The van der Waals surface area contributed by atoms with Gasteiger partial charge in [0.2, 0.25) is 0 Å². The number of aromatic amines is 1. The predicted octanol–water partition coefficient (Wildman–Crippen LogP) is 2.80. The molecular weight excluding hydrogens is 422 g/mol. The van der Waals surface area contributed by atoms with Crippen molar-refractivity contribution < 1.29 is 14.3 Å². The molecule has 1 aromatic carbocycles. The number of rotatable bonds is 7. The monoisotopic (exact) mass is 451 g/mol. The van der Waals surface area contributed by atoms with E-state index in [0.29, 0.717) is 5.69 Å². The average Bonchev–Trinajstić information content (AvgIpc) is 3.35. The second-order valence-corrected chi connectivity index (χ2v) is 8.55. The van der Waals surface area contributed by atoms with Gasteiger partial charge in [0.05, 0.1) is 29.6 Å².